The number of fused-ring (bicyclic) bond motifs is 1. The Bertz CT molecular complexity index is 572. The maximum absolute atomic E-state index is 12.2. The Morgan fingerprint density at radius 3 is 2.25 bits per heavy atom. The Balaban J connectivity index is 0.00000288. The third-order valence-electron chi connectivity index (χ3n) is 3.47. The monoisotopic (exact) mass is 446 g/mol. The number of nitrogens with one attached hydrogen (secondary N) is 2. The fourth-order valence-corrected chi connectivity index (χ4v) is 2.33. The fraction of sp³-hybridized carbons (Fsp3) is 0.438. The van der Waals surface area contributed by atoms with E-state index >= 15 is 0 Å². The van der Waals surface area contributed by atoms with Crippen molar-refractivity contribution in [3.63, 3.8) is 0 Å². The van der Waals surface area contributed by atoms with Crippen LogP contribution in [0.1, 0.15) is 27.6 Å². The van der Waals surface area contributed by atoms with Crippen LogP contribution >= 0.6 is 24.0 Å². The van der Waals surface area contributed by atoms with E-state index < -0.39 is 0 Å². The second-order valence-electron chi connectivity index (χ2n) is 4.93. The quantitative estimate of drug-likeness (QED) is 0.216. The zero-order valence-electron chi connectivity index (χ0n) is 13.9. The molecule has 132 valence electrons. The molecule has 1 aromatic carbocycles. The molecule has 0 saturated heterocycles. The maximum atomic E-state index is 12.2. The second-order valence-corrected chi connectivity index (χ2v) is 4.93. The minimum atomic E-state index is -0.244. The van der Waals surface area contributed by atoms with Crippen molar-refractivity contribution < 1.29 is 14.3 Å². The standard InChI is InChI=1S/C16H22N4O3.HI/c1-3-23-11-9-19-16(17-2)18-8-10-20-14(21)12-6-4-5-7-13(12)15(20)22;/h4-7H,3,8-11H2,1-2H3,(H2,17,18,19);1H. The van der Waals surface area contributed by atoms with Gasteiger partial charge in [-0.05, 0) is 19.1 Å². The summed E-state index contributed by atoms with van der Waals surface area (Å²) in [6.45, 7) is 4.57. The van der Waals surface area contributed by atoms with Gasteiger partial charge in [-0.3, -0.25) is 19.5 Å². The lowest BCUT2D eigenvalue weighted by atomic mass is 10.1. The van der Waals surface area contributed by atoms with Crippen LogP contribution in [0.4, 0.5) is 0 Å². The minimum Gasteiger partial charge on any atom is -0.380 e. The molecule has 0 aliphatic carbocycles. The van der Waals surface area contributed by atoms with Gasteiger partial charge in [-0.15, -0.1) is 24.0 Å². The summed E-state index contributed by atoms with van der Waals surface area (Å²) in [5.41, 5.74) is 0.938. The molecule has 1 aliphatic heterocycles. The van der Waals surface area contributed by atoms with Gasteiger partial charge in [-0.2, -0.15) is 0 Å². The van der Waals surface area contributed by atoms with Gasteiger partial charge in [0.1, 0.15) is 0 Å². The molecule has 1 aliphatic rings. The highest BCUT2D eigenvalue weighted by Crippen LogP contribution is 2.21. The number of aliphatic imine (C=N–C) groups is 1. The zero-order valence-corrected chi connectivity index (χ0v) is 16.2. The molecule has 2 rings (SSSR count). The molecule has 0 saturated carbocycles. The molecule has 0 spiro atoms. The average molecular weight is 446 g/mol. The number of imide groups is 1. The third kappa shape index (κ3) is 4.91. The number of rotatable bonds is 7. The third-order valence-corrected chi connectivity index (χ3v) is 3.47. The Kier molecular flexibility index (Phi) is 8.69. The second kappa shape index (κ2) is 10.2. The first-order chi connectivity index (χ1) is 11.2. The number of hydrogen-bond acceptors (Lipinski definition) is 4. The molecule has 0 fully saturated rings. The summed E-state index contributed by atoms with van der Waals surface area (Å²) < 4.78 is 5.24. The van der Waals surface area contributed by atoms with Crippen LogP contribution in [0.3, 0.4) is 0 Å². The zero-order chi connectivity index (χ0) is 16.7. The van der Waals surface area contributed by atoms with Gasteiger partial charge in [0.05, 0.1) is 17.7 Å². The predicted octanol–water partition coefficient (Wildman–Crippen LogP) is 1.10. The molecule has 2 N–H and O–H groups in total. The van der Waals surface area contributed by atoms with Gasteiger partial charge in [0.15, 0.2) is 5.96 Å². The van der Waals surface area contributed by atoms with Crippen LogP contribution in [-0.2, 0) is 4.74 Å². The normalized spacial score (nSPS) is 13.6. The largest absolute Gasteiger partial charge is 0.380 e. The van der Waals surface area contributed by atoms with Crippen molar-refractivity contribution in [3.8, 4) is 0 Å². The molecule has 0 aromatic heterocycles. The van der Waals surface area contributed by atoms with E-state index in [2.05, 4.69) is 15.6 Å². The number of carbonyl (C=O) groups excluding carboxylic acids is 2. The molecule has 0 bridgehead atoms. The molecule has 0 atom stereocenters. The van der Waals surface area contributed by atoms with Crippen molar-refractivity contribution in [1.29, 1.82) is 0 Å². The van der Waals surface area contributed by atoms with E-state index in [0.717, 1.165) is 0 Å². The van der Waals surface area contributed by atoms with Crippen molar-refractivity contribution in [3.05, 3.63) is 35.4 Å². The summed E-state index contributed by atoms with van der Waals surface area (Å²) in [6.07, 6.45) is 0. The van der Waals surface area contributed by atoms with E-state index in [-0.39, 0.29) is 35.8 Å². The van der Waals surface area contributed by atoms with E-state index in [1.54, 1.807) is 31.3 Å². The molecule has 7 nitrogen and oxygen atoms in total. The number of hydrogen-bond donors (Lipinski definition) is 2. The maximum Gasteiger partial charge on any atom is 0.261 e. The summed E-state index contributed by atoms with van der Waals surface area (Å²) in [7, 11) is 1.66. The molecule has 8 heteroatoms. The number of guanidine groups is 1. The van der Waals surface area contributed by atoms with Gasteiger partial charge in [-0.1, -0.05) is 12.1 Å². The van der Waals surface area contributed by atoms with Crippen LogP contribution < -0.4 is 10.6 Å². The van der Waals surface area contributed by atoms with Gasteiger partial charge in [0, 0.05) is 33.3 Å². The summed E-state index contributed by atoms with van der Waals surface area (Å²) in [6, 6.07) is 6.88. The first kappa shape index (κ1) is 20.4. The SMILES string of the molecule is CCOCCNC(=NC)NCCN1C(=O)c2ccccc2C1=O.I. The summed E-state index contributed by atoms with van der Waals surface area (Å²) >= 11 is 0. The number of halogens is 1. The summed E-state index contributed by atoms with van der Waals surface area (Å²) in [4.78, 5) is 29.8. The highest BCUT2D eigenvalue weighted by molar-refractivity contribution is 14.0. The summed E-state index contributed by atoms with van der Waals surface area (Å²) in [5, 5.41) is 6.17. The van der Waals surface area contributed by atoms with Crippen LogP contribution in [0.5, 0.6) is 0 Å². The van der Waals surface area contributed by atoms with Crippen LogP contribution in [0.15, 0.2) is 29.3 Å². The van der Waals surface area contributed by atoms with Gasteiger partial charge in [0.2, 0.25) is 0 Å². The first-order valence-electron chi connectivity index (χ1n) is 7.66. The van der Waals surface area contributed by atoms with Gasteiger partial charge in [0.25, 0.3) is 11.8 Å². The number of ether oxygens (including phenoxy) is 1. The van der Waals surface area contributed by atoms with E-state index in [1.807, 2.05) is 6.92 Å². The Hall–Kier alpha value is -1.68. The van der Waals surface area contributed by atoms with Gasteiger partial charge < -0.3 is 15.4 Å². The molecule has 0 unspecified atom stereocenters. The lowest BCUT2D eigenvalue weighted by molar-refractivity contribution is 0.0657. The highest BCUT2D eigenvalue weighted by atomic mass is 127. The van der Waals surface area contributed by atoms with Crippen molar-refractivity contribution >= 4 is 41.8 Å². The highest BCUT2D eigenvalue weighted by Gasteiger charge is 2.34. The molecule has 0 radical (unpaired) electrons. The fourth-order valence-electron chi connectivity index (χ4n) is 2.33. The van der Waals surface area contributed by atoms with Crippen LogP contribution in [-0.4, -0.2) is 62.6 Å². The Morgan fingerprint density at radius 1 is 1.12 bits per heavy atom. The summed E-state index contributed by atoms with van der Waals surface area (Å²) in [5.74, 6) is 0.125. The Labute approximate surface area is 158 Å². The Morgan fingerprint density at radius 2 is 1.71 bits per heavy atom. The number of benzene rings is 1. The number of amides is 2. The molecular formula is C16H23IN4O3. The molecular weight excluding hydrogens is 423 g/mol. The average Bonchev–Trinajstić information content (AvgIpc) is 2.82. The van der Waals surface area contributed by atoms with Gasteiger partial charge >= 0.3 is 0 Å². The van der Waals surface area contributed by atoms with Crippen LogP contribution in [0.25, 0.3) is 0 Å². The first-order valence-corrected chi connectivity index (χ1v) is 7.66. The van der Waals surface area contributed by atoms with E-state index in [4.69, 9.17) is 4.74 Å². The molecule has 24 heavy (non-hydrogen) atoms. The van der Waals surface area contributed by atoms with E-state index in [1.165, 1.54) is 4.90 Å². The smallest absolute Gasteiger partial charge is 0.261 e. The van der Waals surface area contributed by atoms with E-state index in [9.17, 15) is 9.59 Å². The van der Waals surface area contributed by atoms with Gasteiger partial charge in [-0.25, -0.2) is 0 Å². The predicted molar refractivity (Wildman–Crippen MR) is 103 cm³/mol. The van der Waals surface area contributed by atoms with Crippen LogP contribution in [0.2, 0.25) is 0 Å². The van der Waals surface area contributed by atoms with Crippen molar-refractivity contribution in [2.45, 2.75) is 6.92 Å². The number of carbonyl (C=O) groups is 2. The minimum absolute atomic E-state index is 0. The molecule has 1 heterocycles. The van der Waals surface area contributed by atoms with Crippen molar-refractivity contribution in [1.82, 2.24) is 15.5 Å². The molecule has 1 aromatic rings. The lowest BCUT2D eigenvalue weighted by Crippen LogP contribution is -2.43. The topological polar surface area (TPSA) is 83.0 Å². The van der Waals surface area contributed by atoms with Crippen molar-refractivity contribution in [2.24, 2.45) is 4.99 Å². The van der Waals surface area contributed by atoms with Crippen molar-refractivity contribution in [2.75, 3.05) is 39.9 Å². The molecule has 2 amide bonds. The number of nitrogens with zero attached hydrogens (tertiary/aromatic N) is 2. The van der Waals surface area contributed by atoms with E-state index in [0.29, 0.717) is 49.9 Å². The lowest BCUT2D eigenvalue weighted by Gasteiger charge is -2.16. The van der Waals surface area contributed by atoms with Crippen LogP contribution in [0, 0.1) is 0 Å².